The SMILES string of the molecule is CC(C)CP(CC(C)C)[C@H](C)[C]1[CH][CH][CH][C]1[C]1[CH][CH][CH][C]1[C@@H](C)P(CC(C)C)CC(C)C.[CH]1[CH][CH][CH][CH]1.[CH]1[CH][CH][CH][CH]1.[Fe+2].[Fe+2]. The molecule has 2 atom stereocenters. The van der Waals surface area contributed by atoms with Crippen LogP contribution in [0.1, 0.15) is 69.2 Å². The van der Waals surface area contributed by atoms with Gasteiger partial charge in [0, 0.05) is 0 Å². The van der Waals surface area contributed by atoms with E-state index in [9.17, 15) is 0 Å². The Kier molecular flexibility index (Phi) is 26.9. The molecule has 0 saturated heterocycles. The minimum Gasteiger partial charge on any atom is -0.103 e. The van der Waals surface area contributed by atoms with E-state index < -0.39 is 0 Å². The van der Waals surface area contributed by atoms with Crippen molar-refractivity contribution >= 4 is 15.8 Å². The molecule has 0 N–H and O–H groups in total. The summed E-state index contributed by atoms with van der Waals surface area (Å²) in [7, 11) is -0.000503. The number of rotatable bonds is 13. The summed E-state index contributed by atoms with van der Waals surface area (Å²) in [4.78, 5) is 0. The summed E-state index contributed by atoms with van der Waals surface area (Å²) in [6.07, 6.45) is 39.8. The van der Waals surface area contributed by atoms with E-state index in [4.69, 9.17) is 0 Å². The summed E-state index contributed by atoms with van der Waals surface area (Å²) in [5.41, 5.74) is 1.34. The van der Waals surface area contributed by atoms with E-state index in [1.54, 1.807) is 11.8 Å². The van der Waals surface area contributed by atoms with E-state index in [1.807, 2.05) is 64.2 Å². The van der Waals surface area contributed by atoms with Crippen LogP contribution < -0.4 is 0 Å². The Bertz CT molecular complexity index is 567. The summed E-state index contributed by atoms with van der Waals surface area (Å²) < 4.78 is 0. The van der Waals surface area contributed by atoms with Crippen molar-refractivity contribution < 1.29 is 34.1 Å². The molecule has 20 radical (unpaired) electrons. The van der Waals surface area contributed by atoms with Gasteiger partial charge in [-0.05, 0) is 186 Å². The van der Waals surface area contributed by atoms with Crippen molar-refractivity contribution in [2.24, 2.45) is 23.7 Å². The van der Waals surface area contributed by atoms with Crippen LogP contribution in [0.5, 0.6) is 0 Å². The molecule has 0 heterocycles. The van der Waals surface area contributed by atoms with E-state index in [2.05, 4.69) is 108 Å². The van der Waals surface area contributed by atoms with Crippen molar-refractivity contribution in [1.82, 2.24) is 0 Å². The molecule has 4 rings (SSSR count). The van der Waals surface area contributed by atoms with Crippen molar-refractivity contribution in [3.63, 3.8) is 0 Å². The zero-order valence-electron chi connectivity index (χ0n) is 29.1. The molecule has 0 nitrogen and oxygen atoms in total. The van der Waals surface area contributed by atoms with Crippen LogP contribution in [0, 0.1) is 150 Å². The van der Waals surface area contributed by atoms with Crippen molar-refractivity contribution in [1.29, 1.82) is 0 Å². The Morgan fingerprint density at radius 2 is 0.591 bits per heavy atom. The number of hydrogen-bond donors (Lipinski definition) is 0. The average molecular weight is 715 g/mol. The molecule has 0 bridgehead atoms. The van der Waals surface area contributed by atoms with Gasteiger partial charge in [-0.3, -0.25) is 0 Å². The summed E-state index contributed by atoms with van der Waals surface area (Å²) in [5.74, 6) is 9.39. The summed E-state index contributed by atoms with van der Waals surface area (Å²) in [6, 6.07) is 0. The van der Waals surface area contributed by atoms with Gasteiger partial charge in [0.1, 0.15) is 0 Å². The van der Waals surface area contributed by atoms with Gasteiger partial charge >= 0.3 is 34.1 Å². The maximum absolute atomic E-state index is 2.52. The Hall–Kier alpha value is 1.90. The van der Waals surface area contributed by atoms with Crippen molar-refractivity contribution in [3.8, 4) is 0 Å². The molecule has 0 spiro atoms. The monoisotopic (exact) mass is 714 g/mol. The standard InChI is InChI=1S/C30H50P2.2C5H5.2Fe/c1-21(2)17-31(18-22(3)4)25(9)27-13-11-15-29(27)30-16-12-14-28(30)26(10)32(19-23(5)6)20-24(7)8;2*1-2-4-5-3-1;;/h11-16,21-26H,17-20H2,1-10H3;2*1-5H;;/q;;;2*+2/t25-,26-;;;;/m1..../s1. The van der Waals surface area contributed by atoms with Crippen LogP contribution in [0.3, 0.4) is 0 Å². The molecule has 4 heteroatoms. The average Bonchev–Trinajstić information content (AvgIpc) is 3.74. The third-order valence-electron chi connectivity index (χ3n) is 7.49. The molecule has 4 aliphatic rings. The molecule has 0 unspecified atom stereocenters. The smallest absolute Gasteiger partial charge is 0.103 e. The molecule has 0 aliphatic heterocycles. The van der Waals surface area contributed by atoms with Gasteiger partial charge in [0.05, 0.1) is 0 Å². The molecule has 4 saturated carbocycles. The fraction of sp³-hybridized carbons (Fsp3) is 0.500. The molecule has 0 aromatic rings. The second kappa shape index (κ2) is 25.8. The Balaban J connectivity index is 0.00000129. The second-order valence-electron chi connectivity index (χ2n) is 13.5. The van der Waals surface area contributed by atoms with Gasteiger partial charge in [-0.15, -0.1) is 15.8 Å². The van der Waals surface area contributed by atoms with Crippen molar-refractivity contribution in [2.45, 2.75) is 80.6 Å². The van der Waals surface area contributed by atoms with Gasteiger partial charge in [-0.2, -0.15) is 0 Å². The van der Waals surface area contributed by atoms with E-state index >= 15 is 0 Å². The Labute approximate surface area is 303 Å². The van der Waals surface area contributed by atoms with Gasteiger partial charge < -0.3 is 0 Å². The van der Waals surface area contributed by atoms with E-state index in [0.29, 0.717) is 11.3 Å². The maximum Gasteiger partial charge on any atom is 2.00 e. The minimum absolute atomic E-state index is 0. The van der Waals surface area contributed by atoms with Gasteiger partial charge in [-0.25, -0.2) is 0 Å². The van der Waals surface area contributed by atoms with Crippen LogP contribution in [-0.2, 0) is 34.1 Å². The second-order valence-corrected chi connectivity index (χ2v) is 18.9. The fourth-order valence-electron chi connectivity index (χ4n) is 5.78. The van der Waals surface area contributed by atoms with Crippen LogP contribution in [0.15, 0.2) is 0 Å². The van der Waals surface area contributed by atoms with Crippen LogP contribution in [0.4, 0.5) is 0 Å². The van der Waals surface area contributed by atoms with Crippen LogP contribution in [0.2, 0.25) is 0 Å². The first kappa shape index (κ1) is 45.9. The van der Waals surface area contributed by atoms with Gasteiger partial charge in [0.2, 0.25) is 0 Å². The zero-order valence-corrected chi connectivity index (χ0v) is 33.1. The van der Waals surface area contributed by atoms with E-state index in [-0.39, 0.29) is 50.0 Å². The Morgan fingerprint density at radius 3 is 0.795 bits per heavy atom. The van der Waals surface area contributed by atoms with Gasteiger partial charge in [0.15, 0.2) is 0 Å². The molecule has 0 aromatic heterocycles. The first-order valence-corrected chi connectivity index (χ1v) is 19.9. The van der Waals surface area contributed by atoms with Crippen LogP contribution >= 0.6 is 15.8 Å². The zero-order chi connectivity index (χ0) is 31.1. The quantitative estimate of drug-likeness (QED) is 0.132. The fourth-order valence-corrected chi connectivity index (χ4v) is 12.3. The predicted octanol–water partition coefficient (Wildman–Crippen LogP) is 10.9. The van der Waals surface area contributed by atoms with E-state index in [1.165, 1.54) is 36.5 Å². The molecule has 44 heavy (non-hydrogen) atoms. The van der Waals surface area contributed by atoms with Crippen molar-refractivity contribution in [3.05, 3.63) is 126 Å². The van der Waals surface area contributed by atoms with Gasteiger partial charge in [-0.1, -0.05) is 69.2 Å². The summed E-state index contributed by atoms with van der Waals surface area (Å²) in [6.45, 7) is 24.2. The Morgan fingerprint density at radius 1 is 0.364 bits per heavy atom. The summed E-state index contributed by atoms with van der Waals surface area (Å²) in [5, 5.41) is 0. The first-order chi connectivity index (χ1) is 20.0. The van der Waals surface area contributed by atoms with Crippen LogP contribution in [-0.4, -0.2) is 36.0 Å². The largest absolute Gasteiger partial charge is 2.00 e. The maximum atomic E-state index is 2.52. The number of hydrogen-bond acceptors (Lipinski definition) is 0. The van der Waals surface area contributed by atoms with E-state index in [0.717, 1.165) is 23.7 Å². The summed E-state index contributed by atoms with van der Waals surface area (Å²) >= 11 is 0. The molecular formula is C40H60Fe2P2+4. The molecule has 0 aromatic carbocycles. The minimum atomic E-state index is -0.000251. The molecular weight excluding hydrogens is 654 g/mol. The molecule has 4 aliphatic carbocycles. The topological polar surface area (TPSA) is 0 Å². The third-order valence-corrected chi connectivity index (χ3v) is 15.0. The molecule has 0 amide bonds. The normalized spacial score (nSPS) is 21.5. The predicted molar refractivity (Wildman–Crippen MR) is 193 cm³/mol. The molecule has 4 fully saturated rings. The van der Waals surface area contributed by atoms with Crippen LogP contribution in [0.25, 0.3) is 0 Å². The van der Waals surface area contributed by atoms with Crippen molar-refractivity contribution in [2.75, 3.05) is 24.6 Å². The third kappa shape index (κ3) is 17.5. The first-order valence-electron chi connectivity index (χ1n) is 16.3. The molecule has 242 valence electrons. The van der Waals surface area contributed by atoms with Gasteiger partial charge in [0.25, 0.3) is 0 Å².